The second-order valence-corrected chi connectivity index (χ2v) is 6.01. The van der Waals surface area contributed by atoms with E-state index in [-0.39, 0.29) is 0 Å². The van der Waals surface area contributed by atoms with E-state index in [4.69, 9.17) is 9.47 Å². The summed E-state index contributed by atoms with van der Waals surface area (Å²) >= 11 is 1.53. The number of ether oxygens (including phenoxy) is 2. The highest BCUT2D eigenvalue weighted by atomic mass is 32.1. The van der Waals surface area contributed by atoms with Gasteiger partial charge >= 0.3 is 0 Å². The van der Waals surface area contributed by atoms with Gasteiger partial charge in [0.1, 0.15) is 5.75 Å². The van der Waals surface area contributed by atoms with E-state index in [0.717, 1.165) is 5.06 Å². The van der Waals surface area contributed by atoms with Gasteiger partial charge in [0.2, 0.25) is 5.79 Å². The first-order valence-electron chi connectivity index (χ1n) is 7.44. The summed E-state index contributed by atoms with van der Waals surface area (Å²) in [6.45, 7) is 0.360. The molecule has 0 saturated carbocycles. The molecule has 0 radical (unpaired) electrons. The number of thiophene rings is 1. The number of benzene rings is 2. The predicted molar refractivity (Wildman–Crippen MR) is 91.8 cm³/mol. The molecule has 1 unspecified atom stereocenters. The Hall–Kier alpha value is -2.30. The van der Waals surface area contributed by atoms with E-state index in [1.54, 1.807) is 0 Å². The second kappa shape index (κ2) is 7.31. The maximum Gasteiger partial charge on any atom is 0.238 e. The van der Waals surface area contributed by atoms with Crippen molar-refractivity contribution in [1.29, 1.82) is 0 Å². The van der Waals surface area contributed by atoms with Crippen molar-refractivity contribution in [2.45, 2.75) is 12.2 Å². The summed E-state index contributed by atoms with van der Waals surface area (Å²) in [4.78, 5) is 0. The summed E-state index contributed by atoms with van der Waals surface area (Å²) in [5, 5.41) is 13.9. The van der Waals surface area contributed by atoms with Gasteiger partial charge in [0.15, 0.2) is 5.06 Å². The van der Waals surface area contributed by atoms with E-state index in [1.807, 2.05) is 78.2 Å². The molecule has 1 N–H and O–H groups in total. The Kier molecular flexibility index (Phi) is 4.95. The molecule has 1 atom stereocenters. The zero-order valence-electron chi connectivity index (χ0n) is 12.6. The molecule has 3 rings (SSSR count). The molecule has 0 spiro atoms. The van der Waals surface area contributed by atoms with Crippen LogP contribution in [0.4, 0.5) is 0 Å². The van der Waals surface area contributed by atoms with E-state index in [2.05, 4.69) is 0 Å². The summed E-state index contributed by atoms with van der Waals surface area (Å²) < 4.78 is 11.6. The third-order valence-electron chi connectivity index (χ3n) is 3.44. The van der Waals surface area contributed by atoms with Crippen molar-refractivity contribution in [3.63, 3.8) is 0 Å². The van der Waals surface area contributed by atoms with Gasteiger partial charge in [0.25, 0.3) is 0 Å². The van der Waals surface area contributed by atoms with Crippen LogP contribution in [0.3, 0.4) is 0 Å². The highest BCUT2D eigenvalue weighted by Crippen LogP contribution is 2.29. The summed E-state index contributed by atoms with van der Waals surface area (Å²) in [6.07, 6.45) is 0.323. The SMILES string of the molecule is OC(CCOc1cccs1)(Oc1ccccc1)c1ccccc1. The lowest BCUT2D eigenvalue weighted by Gasteiger charge is -2.29. The molecule has 0 amide bonds. The molecule has 1 heterocycles. The molecule has 0 fully saturated rings. The zero-order chi connectivity index (χ0) is 16.0. The van der Waals surface area contributed by atoms with Crippen LogP contribution in [-0.4, -0.2) is 11.7 Å². The van der Waals surface area contributed by atoms with Crippen molar-refractivity contribution in [2.75, 3.05) is 6.61 Å². The predicted octanol–water partition coefficient (Wildman–Crippen LogP) is 4.44. The topological polar surface area (TPSA) is 38.7 Å². The van der Waals surface area contributed by atoms with Gasteiger partial charge in [-0.05, 0) is 29.6 Å². The van der Waals surface area contributed by atoms with Crippen LogP contribution >= 0.6 is 11.3 Å². The Morgan fingerprint density at radius 2 is 1.57 bits per heavy atom. The lowest BCUT2D eigenvalue weighted by molar-refractivity contribution is -0.155. The van der Waals surface area contributed by atoms with Crippen molar-refractivity contribution in [3.8, 4) is 10.8 Å². The van der Waals surface area contributed by atoms with Crippen molar-refractivity contribution < 1.29 is 14.6 Å². The molecule has 23 heavy (non-hydrogen) atoms. The van der Waals surface area contributed by atoms with Crippen molar-refractivity contribution in [3.05, 3.63) is 83.7 Å². The van der Waals surface area contributed by atoms with Crippen LogP contribution in [-0.2, 0) is 5.79 Å². The third kappa shape index (κ3) is 4.12. The van der Waals surface area contributed by atoms with Crippen LogP contribution in [0, 0.1) is 0 Å². The standard InChI is InChI=1S/C19H18O3S/c20-19(16-8-3-1-4-9-16,22-17-10-5-2-6-11-17)13-14-21-18-12-7-15-23-18/h1-12,15,20H,13-14H2. The van der Waals surface area contributed by atoms with Crippen LogP contribution in [0.25, 0.3) is 0 Å². The fraction of sp³-hybridized carbons (Fsp3) is 0.158. The van der Waals surface area contributed by atoms with Crippen LogP contribution in [0.1, 0.15) is 12.0 Å². The largest absolute Gasteiger partial charge is 0.484 e. The number of hydrogen-bond donors (Lipinski definition) is 1. The molecule has 0 bridgehead atoms. The van der Waals surface area contributed by atoms with Gasteiger partial charge in [-0.25, -0.2) is 0 Å². The monoisotopic (exact) mass is 326 g/mol. The molecular formula is C19H18O3S. The first kappa shape index (κ1) is 15.6. The molecule has 0 aliphatic carbocycles. The number of aliphatic hydroxyl groups is 1. The minimum Gasteiger partial charge on any atom is -0.484 e. The molecule has 4 heteroatoms. The van der Waals surface area contributed by atoms with E-state index in [0.29, 0.717) is 24.3 Å². The average molecular weight is 326 g/mol. The Morgan fingerprint density at radius 1 is 0.870 bits per heavy atom. The molecular weight excluding hydrogens is 308 g/mol. The lowest BCUT2D eigenvalue weighted by atomic mass is 10.0. The fourth-order valence-corrected chi connectivity index (χ4v) is 2.87. The zero-order valence-corrected chi connectivity index (χ0v) is 13.4. The quantitative estimate of drug-likeness (QED) is 0.652. The molecule has 0 saturated heterocycles. The molecule has 0 aliphatic heterocycles. The summed E-state index contributed by atoms with van der Waals surface area (Å²) in [6, 6.07) is 22.6. The third-order valence-corrected chi connectivity index (χ3v) is 4.21. The maximum atomic E-state index is 11.1. The molecule has 0 aliphatic rings. The van der Waals surface area contributed by atoms with Gasteiger partial charge < -0.3 is 14.6 Å². The van der Waals surface area contributed by atoms with Crippen LogP contribution in [0.5, 0.6) is 10.8 Å². The summed E-state index contributed by atoms with van der Waals surface area (Å²) in [5.74, 6) is -0.810. The molecule has 3 nitrogen and oxygen atoms in total. The van der Waals surface area contributed by atoms with Gasteiger partial charge in [-0.3, -0.25) is 0 Å². The second-order valence-electron chi connectivity index (χ2n) is 5.10. The van der Waals surface area contributed by atoms with Gasteiger partial charge in [0.05, 0.1) is 13.0 Å². The smallest absolute Gasteiger partial charge is 0.238 e. The van der Waals surface area contributed by atoms with Crippen LogP contribution in [0.15, 0.2) is 78.2 Å². The van der Waals surface area contributed by atoms with E-state index in [9.17, 15) is 5.11 Å². The van der Waals surface area contributed by atoms with Crippen molar-refractivity contribution >= 4 is 11.3 Å². The van der Waals surface area contributed by atoms with Gasteiger partial charge in [-0.2, -0.15) is 0 Å². The molecule has 3 aromatic rings. The number of para-hydroxylation sites is 1. The van der Waals surface area contributed by atoms with Gasteiger partial charge in [-0.1, -0.05) is 48.5 Å². The highest BCUT2D eigenvalue weighted by molar-refractivity contribution is 7.11. The molecule has 118 valence electrons. The van der Waals surface area contributed by atoms with Crippen LogP contribution < -0.4 is 9.47 Å². The normalized spacial score (nSPS) is 13.3. The fourth-order valence-electron chi connectivity index (χ4n) is 2.27. The van der Waals surface area contributed by atoms with E-state index >= 15 is 0 Å². The van der Waals surface area contributed by atoms with Gasteiger partial charge in [-0.15, -0.1) is 11.3 Å². The highest BCUT2D eigenvalue weighted by Gasteiger charge is 2.31. The summed E-state index contributed by atoms with van der Waals surface area (Å²) in [7, 11) is 0. The van der Waals surface area contributed by atoms with Crippen LogP contribution in [0.2, 0.25) is 0 Å². The lowest BCUT2D eigenvalue weighted by Crippen LogP contribution is -2.34. The maximum absolute atomic E-state index is 11.1. The van der Waals surface area contributed by atoms with E-state index in [1.165, 1.54) is 11.3 Å². The Bertz CT molecular complexity index is 698. The minimum atomic E-state index is -1.43. The van der Waals surface area contributed by atoms with Crippen molar-refractivity contribution in [1.82, 2.24) is 0 Å². The molecule has 2 aromatic carbocycles. The summed E-state index contributed by atoms with van der Waals surface area (Å²) in [5.41, 5.74) is 0.707. The minimum absolute atomic E-state index is 0.323. The Morgan fingerprint density at radius 3 is 2.22 bits per heavy atom. The average Bonchev–Trinajstić information content (AvgIpc) is 3.10. The Balaban J connectivity index is 1.75. The Labute approximate surface area is 139 Å². The van der Waals surface area contributed by atoms with E-state index < -0.39 is 5.79 Å². The molecule has 1 aromatic heterocycles. The van der Waals surface area contributed by atoms with Gasteiger partial charge in [0, 0.05) is 5.56 Å². The first-order chi connectivity index (χ1) is 11.3. The number of rotatable bonds is 7. The first-order valence-corrected chi connectivity index (χ1v) is 8.32. The van der Waals surface area contributed by atoms with Crippen molar-refractivity contribution in [2.24, 2.45) is 0 Å². The number of hydrogen-bond acceptors (Lipinski definition) is 4.